The number of hydrogen-bond acceptors (Lipinski definition) is 4. The molecule has 1 aliphatic heterocycles. The van der Waals surface area contributed by atoms with Crippen molar-refractivity contribution in [2.24, 2.45) is 16.6 Å². The number of nitrogens with zero attached hydrogens (tertiary/aromatic N) is 2. The predicted octanol–water partition coefficient (Wildman–Crippen LogP) is 2.38. The Bertz CT molecular complexity index is 610. The van der Waals surface area contributed by atoms with Gasteiger partial charge in [0.15, 0.2) is 5.96 Å². The van der Waals surface area contributed by atoms with Crippen LogP contribution in [0.3, 0.4) is 0 Å². The van der Waals surface area contributed by atoms with E-state index < -0.39 is 0 Å². The number of nitrogens with two attached hydrogens (primary N) is 1. The molecule has 1 aromatic carbocycles. The molecule has 1 heterocycles. The first-order valence-electron chi connectivity index (χ1n) is 9.64. The fraction of sp³-hybridized carbons (Fsp3) is 0.600. The average molecular weight is 504 g/mol. The predicted molar refractivity (Wildman–Crippen MR) is 122 cm³/mol. The summed E-state index contributed by atoms with van der Waals surface area (Å²) in [5, 5.41) is 3.36. The van der Waals surface area contributed by atoms with Crippen LogP contribution in [-0.2, 0) is 16.1 Å². The summed E-state index contributed by atoms with van der Waals surface area (Å²) >= 11 is 0. The standard InChI is InChI=1S/C20H32N4O3.HI/c1-3-22-20(24-10-4-5-17(15-24)13-19(21)25)23-14-16-6-8-18(9-7-16)27-12-11-26-2;/h6-9,17H,3-5,10-15H2,1-2H3,(H2,21,25)(H,22,23);1H. The molecule has 0 saturated carbocycles. The zero-order valence-electron chi connectivity index (χ0n) is 16.9. The van der Waals surface area contributed by atoms with E-state index in [4.69, 9.17) is 20.2 Å². The molecule has 8 heteroatoms. The van der Waals surface area contributed by atoms with E-state index in [1.807, 2.05) is 24.3 Å². The van der Waals surface area contributed by atoms with E-state index in [0.29, 0.717) is 32.1 Å². The Labute approximate surface area is 185 Å². The molecule has 1 saturated heterocycles. The summed E-state index contributed by atoms with van der Waals surface area (Å²) in [5.74, 6) is 1.81. The molecule has 0 radical (unpaired) electrons. The van der Waals surface area contributed by atoms with Gasteiger partial charge in [0.05, 0.1) is 13.2 Å². The molecular formula is C20H33IN4O3. The lowest BCUT2D eigenvalue weighted by atomic mass is 9.95. The van der Waals surface area contributed by atoms with Crippen molar-refractivity contribution in [3.8, 4) is 5.75 Å². The van der Waals surface area contributed by atoms with Crippen LogP contribution < -0.4 is 15.8 Å². The lowest BCUT2D eigenvalue weighted by Crippen LogP contribution is -2.47. The number of methoxy groups -OCH3 is 1. The first-order valence-corrected chi connectivity index (χ1v) is 9.64. The van der Waals surface area contributed by atoms with E-state index in [2.05, 4.69) is 17.1 Å². The number of hydrogen-bond donors (Lipinski definition) is 2. The third-order valence-corrected chi connectivity index (χ3v) is 4.53. The van der Waals surface area contributed by atoms with Crippen molar-refractivity contribution in [2.45, 2.75) is 32.7 Å². The summed E-state index contributed by atoms with van der Waals surface area (Å²) in [6.07, 6.45) is 2.54. The molecular weight excluding hydrogens is 471 g/mol. The number of carbonyl (C=O) groups excluding carboxylic acids is 1. The molecule has 7 nitrogen and oxygen atoms in total. The van der Waals surface area contributed by atoms with Gasteiger partial charge in [-0.2, -0.15) is 0 Å². The van der Waals surface area contributed by atoms with Crippen molar-refractivity contribution in [2.75, 3.05) is 40.0 Å². The van der Waals surface area contributed by atoms with Gasteiger partial charge in [-0.1, -0.05) is 12.1 Å². The van der Waals surface area contributed by atoms with Crippen molar-refractivity contribution < 1.29 is 14.3 Å². The molecule has 1 aromatic rings. The summed E-state index contributed by atoms with van der Waals surface area (Å²) in [4.78, 5) is 18.3. The van der Waals surface area contributed by atoms with Crippen LogP contribution in [0.25, 0.3) is 0 Å². The lowest BCUT2D eigenvalue weighted by Gasteiger charge is -2.34. The second kappa shape index (κ2) is 13.6. The van der Waals surface area contributed by atoms with E-state index >= 15 is 0 Å². The molecule has 1 amide bonds. The third kappa shape index (κ3) is 8.64. The molecule has 1 fully saturated rings. The molecule has 0 bridgehead atoms. The average Bonchev–Trinajstić information content (AvgIpc) is 2.66. The van der Waals surface area contributed by atoms with E-state index in [0.717, 1.165) is 49.7 Å². The molecule has 1 unspecified atom stereocenters. The van der Waals surface area contributed by atoms with Crippen LogP contribution in [0, 0.1) is 5.92 Å². The van der Waals surface area contributed by atoms with Crippen molar-refractivity contribution in [3.05, 3.63) is 29.8 Å². The van der Waals surface area contributed by atoms with Crippen LogP contribution in [-0.4, -0.2) is 56.7 Å². The van der Waals surface area contributed by atoms with Crippen LogP contribution in [0.15, 0.2) is 29.3 Å². The second-order valence-corrected chi connectivity index (χ2v) is 6.78. The monoisotopic (exact) mass is 504 g/mol. The van der Waals surface area contributed by atoms with Crippen LogP contribution in [0.1, 0.15) is 31.7 Å². The first-order chi connectivity index (χ1) is 13.1. The van der Waals surface area contributed by atoms with Gasteiger partial charge in [-0.3, -0.25) is 4.79 Å². The SMILES string of the molecule is CCNC(=NCc1ccc(OCCOC)cc1)N1CCCC(CC(N)=O)C1.I. The van der Waals surface area contributed by atoms with E-state index in [9.17, 15) is 4.79 Å². The quantitative estimate of drug-likeness (QED) is 0.233. The molecule has 0 aromatic heterocycles. The number of rotatable bonds is 9. The molecule has 2 rings (SSSR count). The van der Waals surface area contributed by atoms with Gasteiger partial charge in [-0.05, 0) is 43.4 Å². The van der Waals surface area contributed by atoms with Crippen LogP contribution in [0.2, 0.25) is 0 Å². The minimum atomic E-state index is -0.225. The summed E-state index contributed by atoms with van der Waals surface area (Å²) in [5.41, 5.74) is 6.49. The van der Waals surface area contributed by atoms with Crippen molar-refractivity contribution >= 4 is 35.8 Å². The Morgan fingerprint density at radius 3 is 2.71 bits per heavy atom. The number of halogens is 1. The molecule has 0 aliphatic carbocycles. The highest BCUT2D eigenvalue weighted by Crippen LogP contribution is 2.20. The number of likely N-dealkylation sites (tertiary alicyclic amines) is 1. The Hall–Kier alpha value is -1.55. The number of aliphatic imine (C=N–C) groups is 1. The number of carbonyl (C=O) groups is 1. The fourth-order valence-electron chi connectivity index (χ4n) is 3.23. The maximum Gasteiger partial charge on any atom is 0.217 e. The summed E-state index contributed by atoms with van der Waals surface area (Å²) in [6, 6.07) is 7.97. The van der Waals surface area contributed by atoms with Gasteiger partial charge in [0, 0.05) is 33.2 Å². The highest BCUT2D eigenvalue weighted by Gasteiger charge is 2.23. The van der Waals surface area contributed by atoms with Gasteiger partial charge in [-0.25, -0.2) is 4.99 Å². The van der Waals surface area contributed by atoms with Gasteiger partial charge >= 0.3 is 0 Å². The normalized spacial score (nSPS) is 17.0. The summed E-state index contributed by atoms with van der Waals surface area (Å²) in [6.45, 7) is 6.35. The number of amides is 1. The van der Waals surface area contributed by atoms with Crippen LogP contribution >= 0.6 is 24.0 Å². The molecule has 28 heavy (non-hydrogen) atoms. The van der Waals surface area contributed by atoms with Gasteiger partial charge in [0.25, 0.3) is 0 Å². The lowest BCUT2D eigenvalue weighted by molar-refractivity contribution is -0.119. The summed E-state index contributed by atoms with van der Waals surface area (Å²) in [7, 11) is 1.66. The van der Waals surface area contributed by atoms with Crippen molar-refractivity contribution in [1.82, 2.24) is 10.2 Å². The van der Waals surface area contributed by atoms with Gasteiger partial charge in [0.2, 0.25) is 5.91 Å². The minimum Gasteiger partial charge on any atom is -0.491 e. The molecule has 158 valence electrons. The van der Waals surface area contributed by atoms with E-state index in [-0.39, 0.29) is 29.9 Å². The zero-order valence-corrected chi connectivity index (χ0v) is 19.2. The van der Waals surface area contributed by atoms with E-state index in [1.54, 1.807) is 7.11 Å². The summed E-state index contributed by atoms with van der Waals surface area (Å²) < 4.78 is 10.6. The van der Waals surface area contributed by atoms with Crippen molar-refractivity contribution in [3.63, 3.8) is 0 Å². The van der Waals surface area contributed by atoms with Crippen LogP contribution in [0.5, 0.6) is 5.75 Å². The zero-order chi connectivity index (χ0) is 19.5. The maximum atomic E-state index is 11.2. The van der Waals surface area contributed by atoms with Crippen molar-refractivity contribution in [1.29, 1.82) is 0 Å². The van der Waals surface area contributed by atoms with Gasteiger partial charge in [0.1, 0.15) is 12.4 Å². The number of primary amides is 1. The Kier molecular flexibility index (Phi) is 11.9. The van der Waals surface area contributed by atoms with Crippen LogP contribution in [0.4, 0.5) is 0 Å². The number of ether oxygens (including phenoxy) is 2. The first kappa shape index (κ1) is 24.5. The molecule has 1 aliphatic rings. The highest BCUT2D eigenvalue weighted by atomic mass is 127. The number of piperidine rings is 1. The Morgan fingerprint density at radius 1 is 1.32 bits per heavy atom. The largest absolute Gasteiger partial charge is 0.491 e. The minimum absolute atomic E-state index is 0. The van der Waals surface area contributed by atoms with Gasteiger partial charge in [-0.15, -0.1) is 24.0 Å². The Morgan fingerprint density at radius 2 is 2.07 bits per heavy atom. The molecule has 1 atom stereocenters. The molecule has 0 spiro atoms. The fourth-order valence-corrected chi connectivity index (χ4v) is 3.23. The highest BCUT2D eigenvalue weighted by molar-refractivity contribution is 14.0. The second-order valence-electron chi connectivity index (χ2n) is 6.78. The topological polar surface area (TPSA) is 89.2 Å². The third-order valence-electron chi connectivity index (χ3n) is 4.53. The smallest absolute Gasteiger partial charge is 0.217 e. The number of benzene rings is 1. The van der Waals surface area contributed by atoms with Gasteiger partial charge < -0.3 is 25.4 Å². The number of nitrogens with one attached hydrogen (secondary N) is 1. The number of guanidine groups is 1. The molecule has 3 N–H and O–H groups in total. The maximum absolute atomic E-state index is 11.2. The van der Waals surface area contributed by atoms with E-state index in [1.165, 1.54) is 0 Å². The Balaban J connectivity index is 0.00000392.